The van der Waals surface area contributed by atoms with Crippen LogP contribution in [0.5, 0.6) is 17.2 Å². The van der Waals surface area contributed by atoms with Crippen molar-refractivity contribution in [1.82, 2.24) is 4.90 Å². The summed E-state index contributed by atoms with van der Waals surface area (Å²) in [5.41, 5.74) is 2.59. The molecule has 194 valence electrons. The Kier molecular flexibility index (Phi) is 9.79. The van der Waals surface area contributed by atoms with Crippen molar-refractivity contribution < 1.29 is 10.6 Å². The molecule has 38 heavy (non-hydrogen) atoms. The third-order valence-corrected chi connectivity index (χ3v) is 10.2. The van der Waals surface area contributed by atoms with Crippen LogP contribution in [-0.4, -0.2) is 80.1 Å². The summed E-state index contributed by atoms with van der Waals surface area (Å²) in [7, 11) is 0. The van der Waals surface area contributed by atoms with Gasteiger partial charge >= 0.3 is 255 Å². The van der Waals surface area contributed by atoms with E-state index in [1.54, 1.807) is 0 Å². The molecule has 2 bridgehead atoms. The molecule has 0 saturated carbocycles. The number of aliphatic imine (C=N–C) groups is 3. The van der Waals surface area contributed by atoms with Gasteiger partial charge in [0, 0.05) is 0 Å². The van der Waals surface area contributed by atoms with Gasteiger partial charge in [-0.15, -0.1) is 0 Å². The molecule has 11 heteroatoms. The van der Waals surface area contributed by atoms with E-state index in [0.717, 1.165) is 49.7 Å². The topological polar surface area (TPSA) is 68.0 Å². The average Bonchev–Trinajstić information content (AvgIpc) is 2.89. The van der Waals surface area contributed by atoms with Crippen molar-refractivity contribution in [3.8, 4) is 17.2 Å². The van der Waals surface area contributed by atoms with E-state index in [4.69, 9.17) is 25.6 Å². The molecule has 0 saturated heterocycles. The van der Waals surface area contributed by atoms with E-state index in [0.29, 0.717) is 36.9 Å². The number of benzene rings is 3. The van der Waals surface area contributed by atoms with Gasteiger partial charge in [-0.1, -0.05) is 0 Å². The predicted molar refractivity (Wildman–Crippen MR) is 164 cm³/mol. The van der Waals surface area contributed by atoms with E-state index in [2.05, 4.69) is 52.7 Å². The Hall–Kier alpha value is -1.89. The molecular formula is C27H24Br3GaN4O3. The summed E-state index contributed by atoms with van der Waals surface area (Å²) in [6.45, 7) is 4.39. The first kappa shape index (κ1) is 27.7. The Labute approximate surface area is 253 Å². The summed E-state index contributed by atoms with van der Waals surface area (Å²) >= 11 is 7.26. The monoisotopic (exact) mass is 758 g/mol. The van der Waals surface area contributed by atoms with Crippen molar-refractivity contribution >= 4 is 83.7 Å². The van der Waals surface area contributed by atoms with Gasteiger partial charge in [0.25, 0.3) is 0 Å². The first-order chi connectivity index (χ1) is 18.5. The maximum atomic E-state index is 6.55. The van der Waals surface area contributed by atoms with Crippen molar-refractivity contribution in [2.45, 2.75) is 0 Å². The van der Waals surface area contributed by atoms with Crippen LogP contribution in [0, 0.1) is 0 Å². The quantitative estimate of drug-likeness (QED) is 0.261. The van der Waals surface area contributed by atoms with Gasteiger partial charge in [0.2, 0.25) is 0 Å². The van der Waals surface area contributed by atoms with Crippen molar-refractivity contribution in [3.05, 3.63) is 84.7 Å². The Bertz CT molecular complexity index is 1220. The SMILES string of the molecule is Brc1ccc2c(c1)C=NCCN1CCN=Cc3cc(Br)ccc3[O][Ga]([O]2)[O]c2ccc(Br)cc2C=NCC1. The molecule has 0 unspecified atom stereocenters. The van der Waals surface area contributed by atoms with E-state index >= 15 is 0 Å². The average molecular weight is 762 g/mol. The van der Waals surface area contributed by atoms with Gasteiger partial charge < -0.3 is 0 Å². The fourth-order valence-electron chi connectivity index (χ4n) is 3.99. The molecule has 6 rings (SSSR count). The standard InChI is InChI=1S/C27H27Br3N4O3.Ga/c28-22-1-4-25(35)19(13-22)16-31-7-10-34(11-8-32-17-20-14-23(29)2-5-26(20)36)12-9-33-18-21-15-24(30)3-6-27(21)37;/h1-6,13-18,35-37H,7-12H2;/q;+3/p-3. The number of halogens is 3. The molecule has 3 aromatic rings. The van der Waals surface area contributed by atoms with Crippen LogP contribution in [-0.2, 0) is 0 Å². The molecule has 3 aliphatic heterocycles. The third kappa shape index (κ3) is 7.61. The van der Waals surface area contributed by atoms with E-state index in [9.17, 15) is 0 Å². The van der Waals surface area contributed by atoms with Crippen LogP contribution in [0.4, 0.5) is 0 Å². The Balaban J connectivity index is 1.64. The number of fused-ring (bicyclic) bond motifs is 6. The summed E-state index contributed by atoms with van der Waals surface area (Å²) < 4.78 is 22.5. The first-order valence-corrected chi connectivity index (χ1v) is 17.5. The van der Waals surface area contributed by atoms with Gasteiger partial charge in [-0.25, -0.2) is 0 Å². The molecule has 3 aromatic carbocycles. The van der Waals surface area contributed by atoms with Gasteiger partial charge in [0.15, 0.2) is 0 Å². The number of hydrogen-bond acceptors (Lipinski definition) is 7. The van der Waals surface area contributed by atoms with Crippen LogP contribution in [0.2, 0.25) is 0 Å². The Morgan fingerprint density at radius 3 is 1.24 bits per heavy atom. The normalized spacial score (nSPS) is 17.8. The molecule has 0 aromatic heterocycles. The second-order valence-corrected chi connectivity index (χ2v) is 14.1. The van der Waals surface area contributed by atoms with Crippen LogP contribution in [0.25, 0.3) is 0 Å². The number of hydrogen-bond donors (Lipinski definition) is 0. The van der Waals surface area contributed by atoms with Crippen LogP contribution in [0.1, 0.15) is 16.7 Å². The zero-order valence-corrected chi connectivity index (χ0v) is 27.6. The van der Waals surface area contributed by atoms with Crippen molar-refractivity contribution in [3.63, 3.8) is 0 Å². The second-order valence-electron chi connectivity index (χ2n) is 8.64. The zero-order chi connectivity index (χ0) is 26.3. The van der Waals surface area contributed by atoms with Gasteiger partial charge in [-0.3, -0.25) is 0 Å². The molecule has 0 radical (unpaired) electrons. The molecule has 0 atom stereocenters. The summed E-state index contributed by atoms with van der Waals surface area (Å²) in [6, 6.07) is 17.6. The minimum atomic E-state index is -3.48. The van der Waals surface area contributed by atoms with E-state index in [-0.39, 0.29) is 0 Å². The van der Waals surface area contributed by atoms with Gasteiger partial charge in [-0.2, -0.15) is 0 Å². The molecule has 0 aliphatic carbocycles. The van der Waals surface area contributed by atoms with Crippen LogP contribution < -0.4 is 10.6 Å². The molecule has 0 amide bonds. The van der Waals surface area contributed by atoms with Gasteiger partial charge in [-0.05, 0) is 0 Å². The van der Waals surface area contributed by atoms with Crippen molar-refractivity contribution in [1.29, 1.82) is 0 Å². The number of rotatable bonds is 0. The van der Waals surface area contributed by atoms with Crippen LogP contribution in [0.15, 0.2) is 83.0 Å². The number of nitrogens with zero attached hydrogens (tertiary/aromatic N) is 4. The zero-order valence-electron chi connectivity index (χ0n) is 20.4. The summed E-state index contributed by atoms with van der Waals surface area (Å²) in [4.78, 5) is 16.4. The molecule has 0 N–H and O–H groups in total. The molecule has 3 heterocycles. The second kappa shape index (κ2) is 13.4. The van der Waals surface area contributed by atoms with Gasteiger partial charge in [0.1, 0.15) is 0 Å². The molecular weight excluding hydrogens is 738 g/mol. The third-order valence-electron chi connectivity index (χ3n) is 5.91. The summed E-state index contributed by atoms with van der Waals surface area (Å²) in [5, 5.41) is 0. The first-order valence-electron chi connectivity index (χ1n) is 12.1. The van der Waals surface area contributed by atoms with Crippen LogP contribution >= 0.6 is 47.8 Å². The Morgan fingerprint density at radius 1 is 0.553 bits per heavy atom. The van der Waals surface area contributed by atoms with E-state index in [1.165, 1.54) is 0 Å². The summed E-state index contributed by atoms with van der Waals surface area (Å²) in [5.74, 6) is 1.99. The molecule has 0 fully saturated rings. The van der Waals surface area contributed by atoms with Crippen LogP contribution in [0.3, 0.4) is 0 Å². The van der Waals surface area contributed by atoms with Crippen molar-refractivity contribution in [2.75, 3.05) is 39.3 Å². The minimum absolute atomic E-state index is 0.656. The van der Waals surface area contributed by atoms with Gasteiger partial charge in [0.05, 0.1) is 0 Å². The fraction of sp³-hybridized carbons (Fsp3) is 0.222. The van der Waals surface area contributed by atoms with E-state index in [1.807, 2.05) is 73.2 Å². The van der Waals surface area contributed by atoms with Crippen molar-refractivity contribution in [2.24, 2.45) is 15.0 Å². The fourth-order valence-corrected chi connectivity index (χ4v) is 8.08. The molecule has 3 aliphatic rings. The maximum absolute atomic E-state index is 6.55. The van der Waals surface area contributed by atoms with E-state index < -0.39 is 17.3 Å². The summed E-state index contributed by atoms with van der Waals surface area (Å²) in [6.07, 6.45) is 5.59. The predicted octanol–water partition coefficient (Wildman–Crippen LogP) is 6.08. The molecule has 7 nitrogen and oxygen atoms in total. The Morgan fingerprint density at radius 2 is 0.895 bits per heavy atom. The molecule has 0 spiro atoms.